The van der Waals surface area contributed by atoms with Gasteiger partial charge in [-0.25, -0.2) is 4.98 Å². The minimum Gasteiger partial charge on any atom is -0.357 e. The Hall–Kier alpha value is -2.71. The van der Waals surface area contributed by atoms with E-state index in [4.69, 9.17) is 0 Å². The lowest BCUT2D eigenvalue weighted by Gasteiger charge is -2.11. The Bertz CT molecular complexity index is 688. The van der Waals surface area contributed by atoms with Crippen LogP contribution in [0.4, 0.5) is 0 Å². The number of carbonyl (C=O) groups excluding carboxylic acids is 2. The number of amides is 2. The molecule has 100 valence electrons. The van der Waals surface area contributed by atoms with E-state index in [1.165, 1.54) is 20.3 Å². The van der Waals surface area contributed by atoms with Crippen molar-refractivity contribution in [2.45, 2.75) is 13.0 Å². The second-order valence-electron chi connectivity index (χ2n) is 3.84. The van der Waals surface area contributed by atoms with Crippen LogP contribution in [0.2, 0.25) is 0 Å². The molecular weight excluding hydrogens is 252 g/mol. The van der Waals surface area contributed by atoms with Gasteiger partial charge in [0.1, 0.15) is 17.1 Å². The minimum atomic E-state index is -0.730. The molecule has 2 heterocycles. The van der Waals surface area contributed by atoms with E-state index in [0.717, 1.165) is 0 Å². The molecule has 0 fully saturated rings. The lowest BCUT2D eigenvalue weighted by Crippen LogP contribution is -2.43. The van der Waals surface area contributed by atoms with Gasteiger partial charge < -0.3 is 15.6 Å². The molecule has 2 aromatic rings. The van der Waals surface area contributed by atoms with Gasteiger partial charge in [0.15, 0.2) is 5.65 Å². The van der Waals surface area contributed by atoms with Gasteiger partial charge in [-0.05, 0) is 6.92 Å². The van der Waals surface area contributed by atoms with Crippen molar-refractivity contribution in [1.82, 2.24) is 30.8 Å². The molecule has 2 rings (SSSR count). The Balaban J connectivity index is 2.32. The van der Waals surface area contributed by atoms with Gasteiger partial charge in [-0.3, -0.25) is 19.5 Å². The molecule has 0 aliphatic rings. The molecule has 2 amide bonds. The quantitative estimate of drug-likeness (QED) is 0.536. The van der Waals surface area contributed by atoms with Gasteiger partial charge in [-0.2, -0.15) is 5.10 Å². The Morgan fingerprint density at radius 3 is 2.84 bits per heavy atom. The SMILES string of the molecule is CNC(=O)[C@H](C)NC(=O)c1[nH]nc2nc[nH]c(=O)c12. The molecule has 0 radical (unpaired) electrons. The summed E-state index contributed by atoms with van der Waals surface area (Å²) in [7, 11) is 1.46. The lowest BCUT2D eigenvalue weighted by molar-refractivity contribution is -0.122. The smallest absolute Gasteiger partial charge is 0.270 e. The standard InChI is InChI=1S/C10H12N6O3/c1-4(8(17)11-2)14-10(19)6-5-7(16-15-6)12-3-13-9(5)18/h3-4H,1-2H3,(H,11,17)(H,14,19)(H2,12,13,15,16,18)/t4-/m0/s1. The van der Waals surface area contributed by atoms with Crippen LogP contribution < -0.4 is 16.2 Å². The van der Waals surface area contributed by atoms with E-state index in [1.54, 1.807) is 0 Å². The Kier molecular flexibility index (Phi) is 3.27. The summed E-state index contributed by atoms with van der Waals surface area (Å²) in [6.45, 7) is 1.53. The van der Waals surface area contributed by atoms with E-state index in [2.05, 4.69) is 30.8 Å². The van der Waals surface area contributed by atoms with Crippen molar-refractivity contribution in [2.75, 3.05) is 7.05 Å². The largest absolute Gasteiger partial charge is 0.357 e. The van der Waals surface area contributed by atoms with E-state index in [1.807, 2.05) is 0 Å². The summed E-state index contributed by atoms with van der Waals surface area (Å²) < 4.78 is 0. The Labute approximate surface area is 106 Å². The molecule has 1 atom stereocenters. The fraction of sp³-hybridized carbons (Fsp3) is 0.300. The Morgan fingerprint density at radius 1 is 1.42 bits per heavy atom. The molecule has 0 spiro atoms. The van der Waals surface area contributed by atoms with Crippen LogP contribution in [-0.4, -0.2) is 45.1 Å². The summed E-state index contributed by atoms with van der Waals surface area (Å²) in [5.41, 5.74) is -0.363. The van der Waals surface area contributed by atoms with Crippen LogP contribution in [-0.2, 0) is 4.79 Å². The topological polar surface area (TPSA) is 133 Å². The van der Waals surface area contributed by atoms with Crippen LogP contribution in [0.15, 0.2) is 11.1 Å². The summed E-state index contributed by atoms with van der Waals surface area (Å²) in [6, 6.07) is -0.730. The van der Waals surface area contributed by atoms with Crippen molar-refractivity contribution in [3.63, 3.8) is 0 Å². The zero-order chi connectivity index (χ0) is 14.0. The fourth-order valence-corrected chi connectivity index (χ4v) is 1.58. The van der Waals surface area contributed by atoms with Gasteiger partial charge in [0.05, 0.1) is 6.33 Å². The zero-order valence-corrected chi connectivity index (χ0v) is 10.3. The maximum absolute atomic E-state index is 12.0. The molecule has 19 heavy (non-hydrogen) atoms. The van der Waals surface area contributed by atoms with Crippen LogP contribution >= 0.6 is 0 Å². The average Bonchev–Trinajstić information content (AvgIpc) is 2.83. The van der Waals surface area contributed by atoms with Gasteiger partial charge in [-0.1, -0.05) is 0 Å². The van der Waals surface area contributed by atoms with Crippen LogP contribution in [0.5, 0.6) is 0 Å². The molecule has 9 heteroatoms. The summed E-state index contributed by atoms with van der Waals surface area (Å²) in [5.74, 6) is -0.943. The monoisotopic (exact) mass is 264 g/mol. The number of nitrogens with one attached hydrogen (secondary N) is 4. The number of likely N-dealkylation sites (N-methyl/N-ethyl adjacent to an activating group) is 1. The average molecular weight is 264 g/mol. The minimum absolute atomic E-state index is 0.0277. The predicted octanol–water partition coefficient (Wildman–Crippen LogP) is -1.49. The molecule has 0 unspecified atom stereocenters. The van der Waals surface area contributed by atoms with Gasteiger partial charge >= 0.3 is 0 Å². The molecule has 0 aliphatic heterocycles. The van der Waals surface area contributed by atoms with Crippen molar-refractivity contribution >= 4 is 22.8 Å². The van der Waals surface area contributed by atoms with Crippen molar-refractivity contribution < 1.29 is 9.59 Å². The number of nitrogens with zero attached hydrogens (tertiary/aromatic N) is 2. The first-order chi connectivity index (χ1) is 9.04. The molecule has 0 bridgehead atoms. The first kappa shape index (κ1) is 12.7. The summed E-state index contributed by atoms with van der Waals surface area (Å²) >= 11 is 0. The van der Waals surface area contributed by atoms with Crippen LogP contribution in [0, 0.1) is 0 Å². The molecule has 9 nitrogen and oxygen atoms in total. The van der Waals surface area contributed by atoms with E-state index in [-0.39, 0.29) is 22.6 Å². The Morgan fingerprint density at radius 2 is 2.16 bits per heavy atom. The number of carbonyl (C=O) groups is 2. The second-order valence-corrected chi connectivity index (χ2v) is 3.84. The number of H-pyrrole nitrogens is 2. The van der Waals surface area contributed by atoms with Crippen LogP contribution in [0.1, 0.15) is 17.4 Å². The van der Waals surface area contributed by atoms with Crippen molar-refractivity contribution in [1.29, 1.82) is 0 Å². The highest BCUT2D eigenvalue weighted by molar-refractivity contribution is 6.04. The molecule has 2 aromatic heterocycles. The molecule has 0 saturated heterocycles. The summed E-state index contributed by atoms with van der Waals surface area (Å²) in [5, 5.41) is 11.1. The maximum Gasteiger partial charge on any atom is 0.270 e. The van der Waals surface area contributed by atoms with Crippen LogP contribution in [0.3, 0.4) is 0 Å². The summed E-state index contributed by atoms with van der Waals surface area (Å²) in [4.78, 5) is 41.1. The molecule has 4 N–H and O–H groups in total. The highest BCUT2D eigenvalue weighted by atomic mass is 16.2. The molecular formula is C10H12N6O3. The molecule has 0 saturated carbocycles. The maximum atomic E-state index is 12.0. The number of aromatic amines is 2. The van der Waals surface area contributed by atoms with Gasteiger partial charge in [0.25, 0.3) is 11.5 Å². The fourth-order valence-electron chi connectivity index (χ4n) is 1.58. The third-order valence-electron chi connectivity index (χ3n) is 2.57. The highest BCUT2D eigenvalue weighted by Crippen LogP contribution is 2.07. The summed E-state index contributed by atoms with van der Waals surface area (Å²) in [6.07, 6.45) is 1.19. The third-order valence-corrected chi connectivity index (χ3v) is 2.57. The molecule has 0 aliphatic carbocycles. The number of fused-ring (bicyclic) bond motifs is 1. The number of aromatic nitrogens is 4. The highest BCUT2D eigenvalue weighted by Gasteiger charge is 2.20. The predicted molar refractivity (Wildman–Crippen MR) is 65.5 cm³/mol. The van der Waals surface area contributed by atoms with E-state index < -0.39 is 17.5 Å². The van der Waals surface area contributed by atoms with Gasteiger partial charge in [0, 0.05) is 7.05 Å². The normalized spacial score (nSPS) is 12.1. The van der Waals surface area contributed by atoms with Gasteiger partial charge in [0.2, 0.25) is 5.91 Å². The van der Waals surface area contributed by atoms with Gasteiger partial charge in [-0.15, -0.1) is 0 Å². The first-order valence-corrected chi connectivity index (χ1v) is 5.48. The third kappa shape index (κ3) is 2.30. The van der Waals surface area contributed by atoms with E-state index in [0.29, 0.717) is 0 Å². The number of hydrogen-bond donors (Lipinski definition) is 4. The van der Waals surface area contributed by atoms with E-state index in [9.17, 15) is 14.4 Å². The van der Waals surface area contributed by atoms with Crippen molar-refractivity contribution in [2.24, 2.45) is 0 Å². The molecule has 0 aromatic carbocycles. The number of rotatable bonds is 3. The lowest BCUT2D eigenvalue weighted by atomic mass is 10.2. The second kappa shape index (κ2) is 4.88. The van der Waals surface area contributed by atoms with E-state index >= 15 is 0 Å². The number of hydrogen-bond acceptors (Lipinski definition) is 5. The zero-order valence-electron chi connectivity index (χ0n) is 10.3. The van der Waals surface area contributed by atoms with Crippen molar-refractivity contribution in [3.05, 3.63) is 22.4 Å². The van der Waals surface area contributed by atoms with Crippen LogP contribution in [0.25, 0.3) is 11.0 Å². The van der Waals surface area contributed by atoms with Crippen molar-refractivity contribution in [3.8, 4) is 0 Å². The first-order valence-electron chi connectivity index (χ1n) is 5.48.